The average Bonchev–Trinajstić information content (AvgIpc) is 2.52. The van der Waals surface area contributed by atoms with Gasteiger partial charge in [-0.05, 0) is 43.7 Å². The zero-order valence-electron chi connectivity index (χ0n) is 12.5. The maximum absolute atomic E-state index is 12.8. The largest absolute Gasteiger partial charge is 0.292 e. The van der Waals surface area contributed by atoms with Gasteiger partial charge in [-0.2, -0.15) is 0 Å². The van der Waals surface area contributed by atoms with E-state index in [0.29, 0.717) is 22.0 Å². The van der Waals surface area contributed by atoms with Crippen LogP contribution in [0.25, 0.3) is 0 Å². The van der Waals surface area contributed by atoms with Crippen LogP contribution in [0.5, 0.6) is 0 Å². The van der Waals surface area contributed by atoms with E-state index in [1.807, 2.05) is 44.2 Å². The molecule has 0 saturated heterocycles. The highest BCUT2D eigenvalue weighted by atomic mass is 35.5. The molecule has 0 N–H and O–H groups in total. The number of ketones is 1. The van der Waals surface area contributed by atoms with E-state index in [0.717, 1.165) is 5.56 Å². The summed E-state index contributed by atoms with van der Waals surface area (Å²) in [6, 6.07) is 14.5. The van der Waals surface area contributed by atoms with Crippen LogP contribution in [0, 0.1) is 17.3 Å². The first kappa shape index (κ1) is 16.6. The van der Waals surface area contributed by atoms with Gasteiger partial charge in [0.2, 0.25) is 0 Å². The van der Waals surface area contributed by atoms with Crippen LogP contribution in [-0.4, -0.2) is 5.78 Å². The Labute approximate surface area is 141 Å². The number of hydrogen-bond donors (Lipinski definition) is 0. The minimum Gasteiger partial charge on any atom is -0.292 e. The third-order valence-corrected chi connectivity index (χ3v) is 4.03. The summed E-state index contributed by atoms with van der Waals surface area (Å²) in [5.41, 5.74) is 0.604. The number of Topliss-reactive ketones (excluding diaryl/α,β-unsaturated/α-hetero) is 1. The minimum absolute atomic E-state index is 0.0668. The van der Waals surface area contributed by atoms with E-state index in [2.05, 4.69) is 11.8 Å². The van der Waals surface area contributed by atoms with Crippen molar-refractivity contribution in [3.05, 3.63) is 69.7 Å². The van der Waals surface area contributed by atoms with Crippen molar-refractivity contribution >= 4 is 29.0 Å². The van der Waals surface area contributed by atoms with E-state index >= 15 is 0 Å². The normalized spacial score (nSPS) is 12.9. The number of benzene rings is 2. The summed E-state index contributed by atoms with van der Waals surface area (Å²) < 4.78 is 0. The van der Waals surface area contributed by atoms with Crippen molar-refractivity contribution in [2.24, 2.45) is 5.41 Å². The average molecular weight is 331 g/mol. The molecule has 1 nitrogen and oxygen atoms in total. The number of carbonyl (C=O) groups excluding carboxylic acids is 1. The van der Waals surface area contributed by atoms with Gasteiger partial charge in [0.1, 0.15) is 0 Å². The molecule has 2 aromatic rings. The zero-order chi connectivity index (χ0) is 16.2. The molecule has 0 aliphatic heterocycles. The van der Waals surface area contributed by atoms with Crippen molar-refractivity contribution in [3.63, 3.8) is 0 Å². The zero-order valence-corrected chi connectivity index (χ0v) is 14.0. The predicted molar refractivity (Wildman–Crippen MR) is 92.5 cm³/mol. The minimum atomic E-state index is -0.774. The lowest BCUT2D eigenvalue weighted by Gasteiger charge is -2.20. The molecule has 1 atom stereocenters. The van der Waals surface area contributed by atoms with Gasteiger partial charge in [0.15, 0.2) is 5.78 Å². The molecule has 0 fully saturated rings. The molecule has 0 saturated carbocycles. The Bertz CT molecular complexity index is 721. The van der Waals surface area contributed by atoms with Gasteiger partial charge in [-0.25, -0.2) is 0 Å². The molecule has 2 aromatic carbocycles. The molecule has 112 valence electrons. The van der Waals surface area contributed by atoms with Crippen molar-refractivity contribution in [1.29, 1.82) is 0 Å². The Morgan fingerprint density at radius 3 is 2.23 bits per heavy atom. The summed E-state index contributed by atoms with van der Waals surface area (Å²) in [6.45, 7) is 3.80. The van der Waals surface area contributed by atoms with Crippen LogP contribution in [0.3, 0.4) is 0 Å². The van der Waals surface area contributed by atoms with Gasteiger partial charge in [-0.3, -0.25) is 4.79 Å². The molecular formula is C19H16Cl2O. The van der Waals surface area contributed by atoms with Crippen LogP contribution < -0.4 is 0 Å². The van der Waals surface area contributed by atoms with Crippen LogP contribution in [-0.2, 0) is 0 Å². The topological polar surface area (TPSA) is 17.1 Å². The van der Waals surface area contributed by atoms with Crippen molar-refractivity contribution in [3.8, 4) is 11.8 Å². The van der Waals surface area contributed by atoms with Crippen LogP contribution >= 0.6 is 23.2 Å². The Balaban J connectivity index is 2.37. The standard InChI is InChI=1S/C19H16Cl2O/c1-3-19(2,10-9-14-7-5-4-6-8-14)18(22)15-11-16(20)13-17(21)12-15/h4-8,11-13H,3H2,1-2H3. The molecule has 3 heteroatoms. The highest BCUT2D eigenvalue weighted by Gasteiger charge is 2.30. The second kappa shape index (κ2) is 7.01. The van der Waals surface area contributed by atoms with E-state index in [1.165, 1.54) is 0 Å². The Hall–Kier alpha value is -1.75. The second-order valence-electron chi connectivity index (χ2n) is 5.29. The summed E-state index contributed by atoms with van der Waals surface area (Å²) in [4.78, 5) is 12.8. The van der Waals surface area contributed by atoms with Crippen LogP contribution in [0.15, 0.2) is 48.5 Å². The molecule has 1 unspecified atom stereocenters. The van der Waals surface area contributed by atoms with Gasteiger partial charge in [-0.1, -0.05) is 60.2 Å². The van der Waals surface area contributed by atoms with E-state index in [9.17, 15) is 4.79 Å². The van der Waals surface area contributed by atoms with Gasteiger partial charge < -0.3 is 0 Å². The fourth-order valence-corrected chi connectivity index (χ4v) is 2.57. The number of hydrogen-bond acceptors (Lipinski definition) is 1. The van der Waals surface area contributed by atoms with E-state index in [-0.39, 0.29) is 5.78 Å². The maximum atomic E-state index is 12.8. The van der Waals surface area contributed by atoms with Crippen LogP contribution in [0.2, 0.25) is 10.0 Å². The lowest BCUT2D eigenvalue weighted by Crippen LogP contribution is -2.25. The van der Waals surface area contributed by atoms with Crippen LogP contribution in [0.1, 0.15) is 36.2 Å². The molecule has 0 heterocycles. The van der Waals surface area contributed by atoms with Crippen molar-refractivity contribution < 1.29 is 4.79 Å². The fraction of sp³-hybridized carbons (Fsp3) is 0.211. The quantitative estimate of drug-likeness (QED) is 0.525. The molecule has 0 aliphatic carbocycles. The summed E-state index contributed by atoms with van der Waals surface area (Å²) in [5, 5.41) is 0.899. The molecular weight excluding hydrogens is 315 g/mol. The lowest BCUT2D eigenvalue weighted by molar-refractivity contribution is 0.0874. The molecule has 0 radical (unpaired) electrons. The summed E-state index contributed by atoms with van der Waals surface area (Å²) >= 11 is 12.0. The first-order chi connectivity index (χ1) is 10.4. The molecule has 0 aromatic heterocycles. The lowest BCUT2D eigenvalue weighted by atomic mass is 9.80. The fourth-order valence-electron chi connectivity index (χ4n) is 2.04. The first-order valence-electron chi connectivity index (χ1n) is 7.04. The second-order valence-corrected chi connectivity index (χ2v) is 6.16. The highest BCUT2D eigenvalue weighted by Crippen LogP contribution is 2.29. The molecule has 0 amide bonds. The van der Waals surface area contributed by atoms with Gasteiger partial charge in [-0.15, -0.1) is 0 Å². The van der Waals surface area contributed by atoms with E-state index < -0.39 is 5.41 Å². The third kappa shape index (κ3) is 3.91. The SMILES string of the molecule is CCC(C)(C#Cc1ccccc1)C(=O)c1cc(Cl)cc(Cl)c1. The number of halogens is 2. The van der Waals surface area contributed by atoms with Crippen molar-refractivity contribution in [2.45, 2.75) is 20.3 Å². The predicted octanol–water partition coefficient (Wildman–Crippen LogP) is 5.64. The molecule has 0 aliphatic rings. The Morgan fingerprint density at radius 1 is 1.09 bits per heavy atom. The monoisotopic (exact) mass is 330 g/mol. The summed E-state index contributed by atoms with van der Waals surface area (Å²) in [7, 11) is 0. The first-order valence-corrected chi connectivity index (χ1v) is 7.79. The third-order valence-electron chi connectivity index (χ3n) is 3.59. The van der Waals surface area contributed by atoms with Gasteiger partial charge in [0, 0.05) is 21.2 Å². The molecule has 0 bridgehead atoms. The number of carbonyl (C=O) groups is 1. The van der Waals surface area contributed by atoms with Gasteiger partial charge >= 0.3 is 0 Å². The summed E-state index contributed by atoms with van der Waals surface area (Å²) in [6.07, 6.45) is 0.607. The Morgan fingerprint density at radius 2 is 1.68 bits per heavy atom. The maximum Gasteiger partial charge on any atom is 0.180 e. The Kier molecular flexibility index (Phi) is 5.29. The van der Waals surface area contributed by atoms with Crippen molar-refractivity contribution in [2.75, 3.05) is 0 Å². The van der Waals surface area contributed by atoms with E-state index in [1.54, 1.807) is 18.2 Å². The number of rotatable bonds is 3. The van der Waals surface area contributed by atoms with Gasteiger partial charge in [0.05, 0.1) is 5.41 Å². The molecule has 0 spiro atoms. The molecule has 2 rings (SSSR count). The molecule has 22 heavy (non-hydrogen) atoms. The smallest absolute Gasteiger partial charge is 0.180 e. The van der Waals surface area contributed by atoms with Crippen LogP contribution in [0.4, 0.5) is 0 Å². The highest BCUT2D eigenvalue weighted by molar-refractivity contribution is 6.35. The van der Waals surface area contributed by atoms with Gasteiger partial charge in [0.25, 0.3) is 0 Å². The van der Waals surface area contributed by atoms with E-state index in [4.69, 9.17) is 23.2 Å². The van der Waals surface area contributed by atoms with Crippen molar-refractivity contribution in [1.82, 2.24) is 0 Å². The summed E-state index contributed by atoms with van der Waals surface area (Å²) in [5.74, 6) is 6.13.